The van der Waals surface area contributed by atoms with Crippen LogP contribution in [0.25, 0.3) is 0 Å². The van der Waals surface area contributed by atoms with Gasteiger partial charge in [0.15, 0.2) is 0 Å². The molecule has 1 saturated heterocycles. The Morgan fingerprint density at radius 2 is 1.78 bits per heavy atom. The van der Waals surface area contributed by atoms with Gasteiger partial charge < -0.3 is 10.1 Å². The van der Waals surface area contributed by atoms with E-state index >= 15 is 0 Å². The molecule has 1 heterocycles. The summed E-state index contributed by atoms with van der Waals surface area (Å²) in [6.07, 6.45) is 3.06. The molecule has 0 aromatic rings. The summed E-state index contributed by atoms with van der Waals surface area (Å²) in [4.78, 5) is 0. The third-order valence-electron chi connectivity index (χ3n) is 2.72. The van der Waals surface area contributed by atoms with Gasteiger partial charge in [0.1, 0.15) is 0 Å². The standard InChI is InChI=1S/C10H23N3O3S.ClH/c1-16-10-7-11-5-6-12-17(14,15)13-8-3-2-4-9-13;/h11-12H,2-10H2,1H3;1H. The minimum absolute atomic E-state index is 0. The van der Waals surface area contributed by atoms with Crippen molar-refractivity contribution in [3.05, 3.63) is 0 Å². The minimum Gasteiger partial charge on any atom is -0.383 e. The van der Waals surface area contributed by atoms with Crippen molar-refractivity contribution >= 4 is 22.6 Å². The zero-order valence-corrected chi connectivity index (χ0v) is 12.5. The van der Waals surface area contributed by atoms with E-state index in [4.69, 9.17) is 4.74 Å². The van der Waals surface area contributed by atoms with E-state index < -0.39 is 10.2 Å². The molecule has 1 rings (SSSR count). The molecule has 110 valence electrons. The van der Waals surface area contributed by atoms with Gasteiger partial charge in [0.05, 0.1) is 6.61 Å². The van der Waals surface area contributed by atoms with Crippen LogP contribution in [-0.2, 0) is 14.9 Å². The molecule has 0 aromatic heterocycles. The lowest BCUT2D eigenvalue weighted by Crippen LogP contribution is -2.45. The molecule has 18 heavy (non-hydrogen) atoms. The average Bonchev–Trinajstić information content (AvgIpc) is 2.35. The van der Waals surface area contributed by atoms with E-state index in [0.717, 1.165) is 25.8 Å². The van der Waals surface area contributed by atoms with Crippen molar-refractivity contribution < 1.29 is 13.2 Å². The first-order valence-electron chi connectivity index (χ1n) is 6.11. The van der Waals surface area contributed by atoms with Crippen LogP contribution in [0.1, 0.15) is 19.3 Å². The van der Waals surface area contributed by atoms with Crippen LogP contribution in [0.15, 0.2) is 0 Å². The fourth-order valence-electron chi connectivity index (χ4n) is 1.76. The van der Waals surface area contributed by atoms with Gasteiger partial charge in [-0.15, -0.1) is 12.4 Å². The molecule has 1 fully saturated rings. The molecule has 0 aliphatic carbocycles. The highest BCUT2D eigenvalue weighted by molar-refractivity contribution is 7.87. The van der Waals surface area contributed by atoms with Crippen LogP contribution < -0.4 is 10.0 Å². The summed E-state index contributed by atoms with van der Waals surface area (Å²) in [7, 11) is -1.62. The average molecular weight is 302 g/mol. The summed E-state index contributed by atoms with van der Waals surface area (Å²) >= 11 is 0. The number of ether oxygens (including phenoxy) is 1. The van der Waals surface area contributed by atoms with Crippen LogP contribution in [0.4, 0.5) is 0 Å². The third-order valence-corrected chi connectivity index (χ3v) is 4.34. The lowest BCUT2D eigenvalue weighted by Gasteiger charge is -2.25. The van der Waals surface area contributed by atoms with Gasteiger partial charge in [0, 0.05) is 39.8 Å². The summed E-state index contributed by atoms with van der Waals surface area (Å²) in [5, 5.41) is 3.09. The highest BCUT2D eigenvalue weighted by Gasteiger charge is 2.22. The van der Waals surface area contributed by atoms with Gasteiger partial charge in [-0.25, -0.2) is 4.72 Å². The molecular weight excluding hydrogens is 278 g/mol. The fraction of sp³-hybridized carbons (Fsp3) is 1.00. The second kappa shape index (κ2) is 9.94. The van der Waals surface area contributed by atoms with Crippen molar-refractivity contribution in [1.82, 2.24) is 14.3 Å². The Labute approximate surface area is 116 Å². The van der Waals surface area contributed by atoms with Gasteiger partial charge in [0.25, 0.3) is 10.2 Å². The Kier molecular flexibility index (Phi) is 9.98. The highest BCUT2D eigenvalue weighted by atomic mass is 35.5. The quantitative estimate of drug-likeness (QED) is 0.618. The topological polar surface area (TPSA) is 70.7 Å². The molecule has 0 bridgehead atoms. The second-order valence-electron chi connectivity index (χ2n) is 4.10. The van der Waals surface area contributed by atoms with E-state index in [9.17, 15) is 8.42 Å². The van der Waals surface area contributed by atoms with Gasteiger partial charge in [-0.1, -0.05) is 6.42 Å². The third kappa shape index (κ3) is 6.86. The Hall–Kier alpha value is 0.0800. The van der Waals surface area contributed by atoms with Crippen LogP contribution in [-0.4, -0.2) is 59.2 Å². The van der Waals surface area contributed by atoms with Crippen molar-refractivity contribution in [2.45, 2.75) is 19.3 Å². The summed E-state index contributed by atoms with van der Waals surface area (Å²) in [6.45, 7) is 3.71. The molecule has 0 radical (unpaired) electrons. The Bertz CT molecular complexity index is 295. The zero-order valence-electron chi connectivity index (χ0n) is 10.9. The van der Waals surface area contributed by atoms with Gasteiger partial charge in [-0.2, -0.15) is 12.7 Å². The van der Waals surface area contributed by atoms with Crippen LogP contribution >= 0.6 is 12.4 Å². The van der Waals surface area contributed by atoms with Gasteiger partial charge in [-0.05, 0) is 12.8 Å². The SMILES string of the molecule is COCCNCCNS(=O)(=O)N1CCCCC1.Cl. The predicted molar refractivity (Wildman–Crippen MR) is 74.3 cm³/mol. The number of methoxy groups -OCH3 is 1. The van der Waals surface area contributed by atoms with Gasteiger partial charge in [0.2, 0.25) is 0 Å². The zero-order chi connectivity index (χ0) is 12.6. The van der Waals surface area contributed by atoms with E-state index in [1.807, 2.05) is 0 Å². The molecule has 0 aromatic carbocycles. The van der Waals surface area contributed by atoms with Crippen LogP contribution in [0, 0.1) is 0 Å². The smallest absolute Gasteiger partial charge is 0.279 e. The maximum atomic E-state index is 11.8. The largest absolute Gasteiger partial charge is 0.383 e. The van der Waals surface area contributed by atoms with Gasteiger partial charge >= 0.3 is 0 Å². The summed E-state index contributed by atoms with van der Waals surface area (Å²) < 4.78 is 32.7. The number of hydrogen-bond acceptors (Lipinski definition) is 4. The Morgan fingerprint density at radius 3 is 2.39 bits per heavy atom. The van der Waals surface area contributed by atoms with E-state index in [1.54, 1.807) is 7.11 Å². The maximum Gasteiger partial charge on any atom is 0.279 e. The molecule has 6 nitrogen and oxygen atoms in total. The summed E-state index contributed by atoms with van der Waals surface area (Å²) in [6, 6.07) is 0. The highest BCUT2D eigenvalue weighted by Crippen LogP contribution is 2.11. The van der Waals surface area contributed by atoms with E-state index in [2.05, 4.69) is 10.0 Å². The number of halogens is 1. The van der Waals surface area contributed by atoms with Crippen molar-refractivity contribution in [1.29, 1.82) is 0 Å². The van der Waals surface area contributed by atoms with E-state index in [0.29, 0.717) is 32.8 Å². The normalized spacial score (nSPS) is 17.4. The fourth-order valence-corrected chi connectivity index (χ4v) is 3.05. The lowest BCUT2D eigenvalue weighted by molar-refractivity contribution is 0.199. The number of hydrogen-bond donors (Lipinski definition) is 2. The summed E-state index contributed by atoms with van der Waals surface area (Å²) in [5.74, 6) is 0. The first-order chi connectivity index (χ1) is 8.17. The lowest BCUT2D eigenvalue weighted by atomic mass is 10.2. The van der Waals surface area contributed by atoms with Crippen molar-refractivity contribution in [2.24, 2.45) is 0 Å². The molecule has 1 aliphatic rings. The first-order valence-corrected chi connectivity index (χ1v) is 7.55. The number of rotatable bonds is 8. The first kappa shape index (κ1) is 18.1. The molecule has 0 spiro atoms. The second-order valence-corrected chi connectivity index (χ2v) is 5.86. The molecule has 8 heteroatoms. The monoisotopic (exact) mass is 301 g/mol. The molecule has 1 aliphatic heterocycles. The van der Waals surface area contributed by atoms with Crippen molar-refractivity contribution in [3.8, 4) is 0 Å². The van der Waals surface area contributed by atoms with Crippen LogP contribution in [0.5, 0.6) is 0 Å². The Morgan fingerprint density at radius 1 is 1.11 bits per heavy atom. The molecule has 0 saturated carbocycles. The minimum atomic E-state index is -3.26. The Balaban J connectivity index is 0.00000289. The van der Waals surface area contributed by atoms with Crippen molar-refractivity contribution in [2.75, 3.05) is 46.4 Å². The van der Waals surface area contributed by atoms with E-state index in [-0.39, 0.29) is 12.4 Å². The van der Waals surface area contributed by atoms with E-state index in [1.165, 1.54) is 4.31 Å². The molecule has 2 N–H and O–H groups in total. The molecule has 0 unspecified atom stereocenters. The predicted octanol–water partition coefficient (Wildman–Crippen LogP) is -0.0355. The molecule has 0 amide bonds. The van der Waals surface area contributed by atoms with Crippen LogP contribution in [0.3, 0.4) is 0 Å². The number of nitrogens with one attached hydrogen (secondary N) is 2. The summed E-state index contributed by atoms with van der Waals surface area (Å²) in [5.41, 5.74) is 0. The van der Waals surface area contributed by atoms with Crippen molar-refractivity contribution in [3.63, 3.8) is 0 Å². The maximum absolute atomic E-state index is 11.8. The van der Waals surface area contributed by atoms with Crippen LogP contribution in [0.2, 0.25) is 0 Å². The number of piperidine rings is 1. The molecule has 0 atom stereocenters. The molecular formula is C10H24ClN3O3S. The van der Waals surface area contributed by atoms with Gasteiger partial charge in [-0.3, -0.25) is 0 Å². The number of nitrogens with zero attached hydrogens (tertiary/aromatic N) is 1.